The standard InChI is InChI=1S/C28H27N3O4/c1-18-25-15-23(11-12-24(25)26(32)35-31-18)30-27(33)28(34,22-9-2-3-10-22)16-19-6-4-7-20(14-19)21-8-5-13-29-17-21/h4-8,11-15,17,22,34H,2-3,9-10,16H2,1H3,(H,30,33). The number of rotatable bonds is 6. The Morgan fingerprint density at radius 2 is 1.89 bits per heavy atom. The number of hydrogen-bond donors (Lipinski definition) is 2. The van der Waals surface area contributed by atoms with Crippen LogP contribution in [-0.4, -0.2) is 26.8 Å². The van der Waals surface area contributed by atoms with Crippen LogP contribution in [0.5, 0.6) is 0 Å². The summed E-state index contributed by atoms with van der Waals surface area (Å²) in [5.41, 5.74) is 1.80. The predicted molar refractivity (Wildman–Crippen MR) is 134 cm³/mol. The molecular weight excluding hydrogens is 442 g/mol. The summed E-state index contributed by atoms with van der Waals surface area (Å²) in [5, 5.41) is 19.5. The van der Waals surface area contributed by atoms with Crippen LogP contribution >= 0.6 is 0 Å². The number of amides is 1. The molecular formula is C28H27N3O4. The second kappa shape index (κ2) is 9.43. The van der Waals surface area contributed by atoms with Crippen LogP contribution in [0, 0.1) is 12.8 Å². The number of aryl methyl sites for hydroxylation is 1. The van der Waals surface area contributed by atoms with E-state index < -0.39 is 17.1 Å². The van der Waals surface area contributed by atoms with Crippen molar-refractivity contribution in [1.29, 1.82) is 0 Å². The largest absolute Gasteiger partial charge is 0.379 e. The average molecular weight is 470 g/mol. The van der Waals surface area contributed by atoms with Crippen LogP contribution < -0.4 is 10.9 Å². The molecule has 1 amide bonds. The minimum Gasteiger partial charge on any atom is -0.379 e. The van der Waals surface area contributed by atoms with Gasteiger partial charge >= 0.3 is 5.63 Å². The van der Waals surface area contributed by atoms with Gasteiger partial charge in [0.2, 0.25) is 0 Å². The highest BCUT2D eigenvalue weighted by Gasteiger charge is 2.45. The Labute approximate surface area is 202 Å². The molecule has 0 aliphatic heterocycles. The number of aromatic nitrogens is 2. The van der Waals surface area contributed by atoms with Gasteiger partial charge in [0, 0.05) is 29.9 Å². The van der Waals surface area contributed by atoms with Crippen LogP contribution in [-0.2, 0) is 11.2 Å². The van der Waals surface area contributed by atoms with E-state index in [1.165, 1.54) is 0 Å². The van der Waals surface area contributed by atoms with E-state index in [0.29, 0.717) is 22.2 Å². The number of hydrogen-bond acceptors (Lipinski definition) is 6. The number of carbonyl (C=O) groups excluding carboxylic acids is 1. The highest BCUT2D eigenvalue weighted by atomic mass is 16.5. The van der Waals surface area contributed by atoms with Gasteiger partial charge in [0.05, 0.1) is 11.1 Å². The monoisotopic (exact) mass is 469 g/mol. The summed E-state index contributed by atoms with van der Waals surface area (Å²) in [6.45, 7) is 1.74. The van der Waals surface area contributed by atoms with E-state index in [9.17, 15) is 14.7 Å². The zero-order valence-electron chi connectivity index (χ0n) is 19.5. The lowest BCUT2D eigenvalue weighted by Crippen LogP contribution is -2.50. The van der Waals surface area contributed by atoms with E-state index in [2.05, 4.69) is 15.5 Å². The number of nitrogens with one attached hydrogen (secondary N) is 1. The molecule has 0 spiro atoms. The second-order valence-electron chi connectivity index (χ2n) is 9.29. The van der Waals surface area contributed by atoms with E-state index in [1.54, 1.807) is 37.5 Å². The van der Waals surface area contributed by atoms with Gasteiger partial charge < -0.3 is 14.9 Å². The molecule has 1 aliphatic rings. The molecule has 2 N–H and O–H groups in total. The Morgan fingerprint density at radius 1 is 1.09 bits per heavy atom. The third-order valence-electron chi connectivity index (χ3n) is 6.97. The lowest BCUT2D eigenvalue weighted by molar-refractivity contribution is -0.139. The van der Waals surface area contributed by atoms with E-state index in [0.717, 1.165) is 42.4 Å². The van der Waals surface area contributed by atoms with E-state index in [1.807, 2.05) is 36.4 Å². The molecule has 2 aromatic heterocycles. The maximum Gasteiger partial charge on any atom is 0.366 e. The summed E-state index contributed by atoms with van der Waals surface area (Å²) in [5.74, 6) is -0.579. The normalized spacial score (nSPS) is 15.7. The molecule has 4 aromatic rings. The van der Waals surface area contributed by atoms with Gasteiger partial charge in [0.25, 0.3) is 5.91 Å². The fraction of sp³-hybridized carbons (Fsp3) is 0.286. The molecule has 2 aromatic carbocycles. The Bertz CT molecular complexity index is 1430. The smallest absolute Gasteiger partial charge is 0.366 e. The van der Waals surface area contributed by atoms with Gasteiger partial charge in [-0.1, -0.05) is 48.3 Å². The zero-order chi connectivity index (χ0) is 24.4. The number of nitrogens with zero attached hydrogens (tertiary/aromatic N) is 2. The van der Waals surface area contributed by atoms with Crippen molar-refractivity contribution in [1.82, 2.24) is 10.1 Å². The number of pyridine rings is 1. The summed E-state index contributed by atoms with van der Waals surface area (Å²) in [7, 11) is 0. The molecule has 1 unspecified atom stereocenters. The number of anilines is 1. The average Bonchev–Trinajstić information content (AvgIpc) is 3.43. The van der Waals surface area contributed by atoms with Crippen molar-refractivity contribution < 1.29 is 14.4 Å². The van der Waals surface area contributed by atoms with Crippen LogP contribution in [0.2, 0.25) is 0 Å². The van der Waals surface area contributed by atoms with Gasteiger partial charge in [0.15, 0.2) is 0 Å². The summed E-state index contributed by atoms with van der Waals surface area (Å²) in [6.07, 6.45) is 7.32. The number of aliphatic hydroxyl groups is 1. The molecule has 0 saturated heterocycles. The van der Waals surface area contributed by atoms with E-state index in [4.69, 9.17) is 4.52 Å². The van der Waals surface area contributed by atoms with E-state index >= 15 is 0 Å². The van der Waals surface area contributed by atoms with Gasteiger partial charge in [-0.3, -0.25) is 9.78 Å². The molecule has 0 bridgehead atoms. The van der Waals surface area contributed by atoms with E-state index in [-0.39, 0.29) is 12.3 Å². The highest BCUT2D eigenvalue weighted by Crippen LogP contribution is 2.38. The van der Waals surface area contributed by atoms with Gasteiger partial charge in [-0.15, -0.1) is 0 Å². The molecule has 178 valence electrons. The minimum absolute atomic E-state index is 0.138. The predicted octanol–water partition coefficient (Wildman–Crippen LogP) is 4.66. The SMILES string of the molecule is Cc1noc(=O)c2ccc(NC(=O)C(O)(Cc3cccc(-c4cccnc4)c3)C3CCCC3)cc12. The molecule has 5 rings (SSSR count). The van der Waals surface area contributed by atoms with Crippen molar-refractivity contribution in [3.63, 3.8) is 0 Å². The van der Waals surface area contributed by atoms with Crippen LogP contribution in [0.4, 0.5) is 5.69 Å². The molecule has 1 saturated carbocycles. The van der Waals surface area contributed by atoms with Crippen LogP contribution in [0.1, 0.15) is 36.9 Å². The molecule has 7 nitrogen and oxygen atoms in total. The maximum absolute atomic E-state index is 13.6. The van der Waals surface area contributed by atoms with Crippen LogP contribution in [0.25, 0.3) is 21.9 Å². The minimum atomic E-state index is -1.57. The van der Waals surface area contributed by atoms with Crippen molar-refractivity contribution in [3.8, 4) is 11.1 Å². The third-order valence-corrected chi connectivity index (χ3v) is 6.97. The summed E-state index contributed by atoms with van der Waals surface area (Å²) >= 11 is 0. The molecule has 1 fully saturated rings. The van der Waals surface area contributed by atoms with Crippen molar-refractivity contribution in [2.24, 2.45) is 5.92 Å². The summed E-state index contributed by atoms with van der Waals surface area (Å²) < 4.78 is 4.79. The summed E-state index contributed by atoms with van der Waals surface area (Å²) in [6, 6.07) is 16.7. The Kier molecular flexibility index (Phi) is 6.17. The van der Waals surface area contributed by atoms with Crippen molar-refractivity contribution >= 4 is 22.4 Å². The van der Waals surface area contributed by atoms with Gasteiger partial charge in [-0.05, 0) is 66.6 Å². The van der Waals surface area contributed by atoms with Crippen molar-refractivity contribution in [2.75, 3.05) is 5.32 Å². The Morgan fingerprint density at radius 3 is 2.66 bits per heavy atom. The van der Waals surface area contributed by atoms with Crippen molar-refractivity contribution in [2.45, 2.75) is 44.6 Å². The number of fused-ring (bicyclic) bond motifs is 1. The fourth-order valence-electron chi connectivity index (χ4n) is 5.07. The third kappa shape index (κ3) is 4.59. The number of carbonyl (C=O) groups is 1. The number of benzene rings is 2. The molecule has 1 atom stereocenters. The Balaban J connectivity index is 1.45. The van der Waals surface area contributed by atoms with Crippen LogP contribution in [0.3, 0.4) is 0 Å². The molecule has 7 heteroatoms. The lowest BCUT2D eigenvalue weighted by atomic mass is 9.79. The van der Waals surface area contributed by atoms with Gasteiger partial charge in [-0.25, -0.2) is 4.79 Å². The molecule has 1 aliphatic carbocycles. The first-order chi connectivity index (χ1) is 16.9. The molecule has 0 radical (unpaired) electrons. The van der Waals surface area contributed by atoms with Crippen molar-refractivity contribution in [3.05, 3.63) is 88.7 Å². The highest BCUT2D eigenvalue weighted by molar-refractivity contribution is 5.99. The molecule has 2 heterocycles. The first-order valence-corrected chi connectivity index (χ1v) is 11.9. The topological polar surface area (TPSA) is 105 Å². The first-order valence-electron chi connectivity index (χ1n) is 11.9. The maximum atomic E-state index is 13.6. The summed E-state index contributed by atoms with van der Waals surface area (Å²) in [4.78, 5) is 29.8. The first kappa shape index (κ1) is 22.9. The van der Waals surface area contributed by atoms with Crippen LogP contribution in [0.15, 0.2) is 76.3 Å². The van der Waals surface area contributed by atoms with Gasteiger partial charge in [0.1, 0.15) is 5.60 Å². The fourth-order valence-corrected chi connectivity index (χ4v) is 5.07. The lowest BCUT2D eigenvalue weighted by Gasteiger charge is -2.33. The molecule has 35 heavy (non-hydrogen) atoms. The zero-order valence-corrected chi connectivity index (χ0v) is 19.5. The van der Waals surface area contributed by atoms with Gasteiger partial charge in [-0.2, -0.15) is 0 Å². The quantitative estimate of drug-likeness (QED) is 0.425. The second-order valence-corrected chi connectivity index (χ2v) is 9.29. The Hall–Kier alpha value is -3.84.